The number of phenols is 2. The lowest BCUT2D eigenvalue weighted by molar-refractivity contribution is -0.890. The van der Waals surface area contributed by atoms with Crippen LogP contribution >= 0.6 is 0 Å². The van der Waals surface area contributed by atoms with Crippen LogP contribution in [-0.4, -0.2) is 19.3 Å². The van der Waals surface area contributed by atoms with Crippen LogP contribution in [0.15, 0.2) is 85.5 Å². The molecule has 0 aliphatic rings. The van der Waals surface area contributed by atoms with Gasteiger partial charge in [-0.05, 0) is 47.2 Å². The van der Waals surface area contributed by atoms with E-state index in [1.165, 1.54) is 24.3 Å². The number of imidazole rings is 2. The number of phenolic OH excluding ortho intramolecular Hbond substituents is 2. The third-order valence-corrected chi connectivity index (χ3v) is 7.96. The zero-order valence-electron chi connectivity index (χ0n) is 25.2. The van der Waals surface area contributed by atoms with Crippen LogP contribution in [0.2, 0.25) is 0 Å². The van der Waals surface area contributed by atoms with Gasteiger partial charge in [-0.25, -0.2) is 8.78 Å². The largest absolute Gasteiger partial charge is 0.504 e. The normalized spacial score (nSPS) is 12.5. The number of aromatic hydroxyl groups is 2. The van der Waals surface area contributed by atoms with E-state index in [0.717, 1.165) is 22.1 Å². The van der Waals surface area contributed by atoms with Crippen LogP contribution in [-0.2, 0) is 17.5 Å². The Morgan fingerprint density at radius 2 is 0.977 bits per heavy atom. The molecule has 0 atom stereocenters. The van der Waals surface area contributed by atoms with Gasteiger partial charge in [0.1, 0.15) is 11.6 Å². The van der Waals surface area contributed by atoms with E-state index in [1.54, 1.807) is 9.13 Å². The monoisotopic (exact) mass is 582 g/mol. The zero-order chi connectivity index (χ0) is 30.8. The molecule has 2 heterocycles. The van der Waals surface area contributed by atoms with E-state index in [9.17, 15) is 19.0 Å². The fraction of sp³-hybridized carbons (Fsp3) is 0.257. The molecule has 0 spiro atoms. The Morgan fingerprint density at radius 3 is 1.35 bits per heavy atom. The van der Waals surface area contributed by atoms with Crippen molar-refractivity contribution in [1.29, 1.82) is 0 Å². The van der Waals surface area contributed by atoms with Crippen LogP contribution in [0.25, 0.3) is 33.4 Å². The lowest BCUT2D eigenvalue weighted by Gasteiger charge is -2.21. The Balaban J connectivity index is 1.53. The first-order chi connectivity index (χ1) is 20.2. The molecule has 0 radical (unpaired) electrons. The topological polar surface area (TPSA) is 58.1 Å². The Bertz CT molecular complexity index is 1880. The summed E-state index contributed by atoms with van der Waals surface area (Å²) in [6.45, 7) is 12.0. The first-order valence-electron chi connectivity index (χ1n) is 14.3. The van der Waals surface area contributed by atoms with Crippen LogP contribution in [0.1, 0.15) is 52.7 Å². The zero-order valence-corrected chi connectivity index (χ0v) is 25.2. The molecule has 0 bridgehead atoms. The second-order valence-corrected chi connectivity index (χ2v) is 13.2. The highest BCUT2D eigenvalue weighted by Crippen LogP contribution is 2.38. The van der Waals surface area contributed by atoms with E-state index in [1.807, 2.05) is 112 Å². The van der Waals surface area contributed by atoms with Gasteiger partial charge in [-0.3, -0.25) is 0 Å². The first-order valence-corrected chi connectivity index (χ1v) is 14.3. The summed E-state index contributed by atoms with van der Waals surface area (Å²) in [5.74, 6) is -0.794. The van der Waals surface area contributed by atoms with Crippen LogP contribution < -0.4 is 9.13 Å². The fourth-order valence-electron chi connectivity index (χ4n) is 5.80. The molecule has 220 valence electrons. The molecule has 0 amide bonds. The van der Waals surface area contributed by atoms with Gasteiger partial charge in [-0.15, -0.1) is 0 Å². The van der Waals surface area contributed by atoms with E-state index in [-0.39, 0.29) is 11.5 Å². The summed E-state index contributed by atoms with van der Waals surface area (Å²) in [4.78, 5) is 0. The third-order valence-electron chi connectivity index (χ3n) is 7.96. The first kappa shape index (κ1) is 28.4. The van der Waals surface area contributed by atoms with Crippen molar-refractivity contribution in [3.63, 3.8) is 0 Å². The highest BCUT2D eigenvalue weighted by molar-refractivity contribution is 5.76. The van der Waals surface area contributed by atoms with E-state index in [0.29, 0.717) is 29.2 Å². The number of aromatic nitrogens is 4. The van der Waals surface area contributed by atoms with Crippen LogP contribution in [0.5, 0.6) is 11.5 Å². The number of para-hydroxylation sites is 4. The average Bonchev–Trinajstić information content (AvgIpc) is 3.48. The Hall–Kier alpha value is -4.72. The standard InChI is InChI=1S/C35H34F2N4O2/c1-34(2,3)24-15-22(36)17-30(32(24)42)40-20-38(26-11-7-9-13-28(26)40)19-39-21-41(29-14-10-8-12-27(29)39)31-18-23(37)16-25(33(31)43)35(4,5)6/h7-18,20-21H,19H2,1-6H3/p+2. The van der Waals surface area contributed by atoms with Crippen molar-refractivity contribution in [3.8, 4) is 22.9 Å². The van der Waals surface area contributed by atoms with Crippen molar-refractivity contribution in [2.45, 2.75) is 59.0 Å². The number of rotatable bonds is 4. The molecule has 6 aromatic rings. The van der Waals surface area contributed by atoms with Crippen LogP contribution in [0.4, 0.5) is 8.78 Å². The number of fused-ring (bicyclic) bond motifs is 2. The highest BCUT2D eigenvalue weighted by atomic mass is 19.1. The minimum Gasteiger partial charge on any atom is -0.504 e. The van der Waals surface area contributed by atoms with Crippen molar-refractivity contribution in [2.24, 2.45) is 0 Å². The summed E-state index contributed by atoms with van der Waals surface area (Å²) in [5, 5.41) is 22.6. The van der Waals surface area contributed by atoms with Gasteiger partial charge in [0.05, 0.1) is 0 Å². The van der Waals surface area contributed by atoms with Gasteiger partial charge in [0, 0.05) is 23.3 Å². The molecule has 0 aliphatic heterocycles. The number of halogens is 2. The summed E-state index contributed by atoms with van der Waals surface area (Å²) in [6, 6.07) is 20.9. The van der Waals surface area contributed by atoms with Crippen molar-refractivity contribution >= 4 is 22.1 Å². The Kier molecular flexibility index (Phi) is 6.56. The highest BCUT2D eigenvalue weighted by Gasteiger charge is 2.30. The summed E-state index contributed by atoms with van der Waals surface area (Å²) in [6.07, 6.45) is 3.70. The van der Waals surface area contributed by atoms with Gasteiger partial charge >= 0.3 is 0 Å². The van der Waals surface area contributed by atoms with Crippen molar-refractivity contribution in [3.05, 3.63) is 108 Å². The second-order valence-electron chi connectivity index (χ2n) is 13.2. The summed E-state index contributed by atoms with van der Waals surface area (Å²) in [5.41, 5.74) is 4.16. The van der Waals surface area contributed by atoms with Gasteiger partial charge < -0.3 is 10.2 Å². The number of hydrogen-bond donors (Lipinski definition) is 2. The van der Waals surface area contributed by atoms with Gasteiger partial charge in [0.25, 0.3) is 12.7 Å². The molecule has 0 aliphatic carbocycles. The summed E-state index contributed by atoms with van der Waals surface area (Å²) < 4.78 is 37.4. The minimum atomic E-state index is -0.465. The molecule has 8 heteroatoms. The fourth-order valence-corrected chi connectivity index (χ4v) is 5.80. The molecule has 0 unspecified atom stereocenters. The van der Waals surface area contributed by atoms with Crippen molar-refractivity contribution in [2.75, 3.05) is 0 Å². The Morgan fingerprint density at radius 1 is 0.605 bits per heavy atom. The van der Waals surface area contributed by atoms with Gasteiger partial charge in [-0.2, -0.15) is 18.3 Å². The summed E-state index contributed by atoms with van der Waals surface area (Å²) >= 11 is 0. The molecular formula is C35H36F2N4O2+2. The van der Waals surface area contributed by atoms with Crippen molar-refractivity contribution < 1.29 is 28.1 Å². The van der Waals surface area contributed by atoms with Crippen LogP contribution in [0.3, 0.4) is 0 Å². The predicted octanol–water partition coefficient (Wildman–Crippen LogP) is 6.94. The lowest BCUT2D eigenvalue weighted by Crippen LogP contribution is -2.50. The molecule has 6 nitrogen and oxygen atoms in total. The van der Waals surface area contributed by atoms with E-state index in [4.69, 9.17) is 0 Å². The molecule has 2 aromatic heterocycles. The molecule has 4 aromatic carbocycles. The van der Waals surface area contributed by atoms with Gasteiger partial charge in [0.2, 0.25) is 6.67 Å². The van der Waals surface area contributed by atoms with Gasteiger partial charge in [-0.1, -0.05) is 65.8 Å². The average molecular weight is 583 g/mol. The maximum absolute atomic E-state index is 14.9. The maximum atomic E-state index is 14.9. The third kappa shape index (κ3) is 4.90. The molecule has 0 saturated carbocycles. The van der Waals surface area contributed by atoms with E-state index < -0.39 is 22.5 Å². The molecule has 2 N–H and O–H groups in total. The molecule has 6 rings (SSSR count). The number of nitrogens with zero attached hydrogens (tertiary/aromatic N) is 4. The second kappa shape index (κ2) is 9.93. The lowest BCUT2D eigenvalue weighted by atomic mass is 9.86. The van der Waals surface area contributed by atoms with Gasteiger partial charge in [0.15, 0.2) is 44.9 Å². The minimum absolute atomic E-state index is 0.0299. The summed E-state index contributed by atoms with van der Waals surface area (Å²) in [7, 11) is 0. The molecule has 0 saturated heterocycles. The number of benzene rings is 4. The SMILES string of the molecule is CC(C)(C)c1cc(F)cc(-n2c[n+](C[n+]3cn(-c4cc(F)cc(C(C)(C)C)c4O)c4ccccc43)c3ccccc32)c1O. The van der Waals surface area contributed by atoms with E-state index >= 15 is 0 Å². The molecule has 43 heavy (non-hydrogen) atoms. The number of hydrogen-bond acceptors (Lipinski definition) is 2. The Labute approximate surface area is 249 Å². The quantitative estimate of drug-likeness (QED) is 0.221. The predicted molar refractivity (Wildman–Crippen MR) is 163 cm³/mol. The molecular weight excluding hydrogens is 546 g/mol. The smallest absolute Gasteiger partial charge is 0.253 e. The van der Waals surface area contributed by atoms with E-state index in [2.05, 4.69) is 0 Å². The van der Waals surface area contributed by atoms with Crippen molar-refractivity contribution in [1.82, 2.24) is 9.13 Å². The maximum Gasteiger partial charge on any atom is 0.253 e. The molecule has 0 fully saturated rings. The van der Waals surface area contributed by atoms with Crippen LogP contribution in [0, 0.1) is 11.6 Å².